The van der Waals surface area contributed by atoms with Gasteiger partial charge in [-0.15, -0.1) is 0 Å². The summed E-state index contributed by atoms with van der Waals surface area (Å²) < 4.78 is 42.8. The van der Waals surface area contributed by atoms with Crippen molar-refractivity contribution >= 4 is 27.2 Å². The molecular formula is C19H22O5S2. The van der Waals surface area contributed by atoms with Gasteiger partial charge in [-0.05, 0) is 35.1 Å². The molecule has 0 saturated carbocycles. The topological polar surface area (TPSA) is 85.3 Å². The van der Waals surface area contributed by atoms with Crippen molar-refractivity contribution in [3.05, 3.63) is 70.8 Å². The number of hydrogen-bond acceptors (Lipinski definition) is 5. The number of carbonyl (C=O) groups excluding carboxylic acids is 1. The van der Waals surface area contributed by atoms with Gasteiger partial charge in [0, 0.05) is 12.8 Å². The first-order valence-electron chi connectivity index (χ1n) is 8.33. The minimum absolute atomic E-state index is 0.0403. The van der Waals surface area contributed by atoms with Crippen LogP contribution in [0.1, 0.15) is 35.1 Å². The average Bonchev–Trinajstić information content (AvgIpc) is 2.59. The fourth-order valence-corrected chi connectivity index (χ4v) is 3.63. The van der Waals surface area contributed by atoms with Gasteiger partial charge in [0.15, 0.2) is 0 Å². The van der Waals surface area contributed by atoms with E-state index >= 15 is 0 Å². The van der Waals surface area contributed by atoms with Gasteiger partial charge in [0.2, 0.25) is 0 Å². The van der Waals surface area contributed by atoms with Crippen LogP contribution in [0.4, 0.5) is 0 Å². The largest absolute Gasteiger partial charge is 0.300 e. The molecule has 0 aliphatic heterocycles. The molecule has 2 rings (SSSR count). The van der Waals surface area contributed by atoms with Crippen LogP contribution in [0.3, 0.4) is 0 Å². The Labute approximate surface area is 157 Å². The van der Waals surface area contributed by atoms with Gasteiger partial charge in [-0.25, -0.2) is 16.8 Å². The van der Waals surface area contributed by atoms with Crippen molar-refractivity contribution in [2.75, 3.05) is 0 Å². The molecule has 26 heavy (non-hydrogen) atoms. The Morgan fingerprint density at radius 3 is 1.19 bits per heavy atom. The zero-order valence-corrected chi connectivity index (χ0v) is 16.1. The molecule has 0 aliphatic rings. The molecule has 5 nitrogen and oxygen atoms in total. The van der Waals surface area contributed by atoms with Gasteiger partial charge >= 0.3 is 0 Å². The van der Waals surface area contributed by atoms with Crippen molar-refractivity contribution in [1.29, 1.82) is 0 Å². The lowest BCUT2D eigenvalue weighted by Gasteiger charge is -2.04. The Morgan fingerprint density at radius 1 is 0.577 bits per heavy atom. The number of carbonyl (C=O) groups is 1. The highest BCUT2D eigenvalue weighted by molar-refractivity contribution is 7.71. The van der Waals surface area contributed by atoms with E-state index < -0.39 is 21.4 Å². The monoisotopic (exact) mass is 394 g/mol. The predicted molar refractivity (Wildman–Crippen MR) is 103 cm³/mol. The van der Waals surface area contributed by atoms with Crippen molar-refractivity contribution in [3.8, 4) is 0 Å². The van der Waals surface area contributed by atoms with E-state index in [1.54, 1.807) is 24.3 Å². The number of Topliss-reactive ketones (excluding diaryl/α,β-unsaturated/α-hetero) is 1. The first kappa shape index (κ1) is 20.3. The van der Waals surface area contributed by atoms with E-state index in [0.717, 1.165) is 22.3 Å². The molecule has 0 saturated heterocycles. The summed E-state index contributed by atoms with van der Waals surface area (Å²) in [5, 5.41) is 0. The Morgan fingerprint density at radius 2 is 0.885 bits per heavy atom. The lowest BCUT2D eigenvalue weighted by Crippen LogP contribution is -2.02. The fourth-order valence-electron chi connectivity index (χ4n) is 2.61. The van der Waals surface area contributed by atoms with Crippen LogP contribution in [0.5, 0.6) is 0 Å². The van der Waals surface area contributed by atoms with Gasteiger partial charge in [-0.1, -0.05) is 48.5 Å². The van der Waals surface area contributed by atoms with Gasteiger partial charge in [-0.3, -0.25) is 4.79 Å². The summed E-state index contributed by atoms with van der Waals surface area (Å²) in [4.78, 5) is 12.1. The molecule has 0 spiro atoms. The summed E-state index contributed by atoms with van der Waals surface area (Å²) in [6.45, 7) is 0. The number of hydrogen-bond donors (Lipinski definition) is 2. The first-order chi connectivity index (χ1) is 12.4. The van der Waals surface area contributed by atoms with Crippen molar-refractivity contribution in [2.24, 2.45) is 0 Å². The molecule has 0 fully saturated rings. The maximum atomic E-state index is 12.1. The van der Waals surface area contributed by atoms with E-state index in [0.29, 0.717) is 25.7 Å². The third-order valence-corrected chi connectivity index (χ3v) is 5.30. The van der Waals surface area contributed by atoms with Gasteiger partial charge in [0.05, 0.1) is 11.5 Å². The van der Waals surface area contributed by atoms with E-state index in [9.17, 15) is 21.6 Å². The molecule has 0 aromatic heterocycles. The molecule has 0 N–H and O–H groups in total. The summed E-state index contributed by atoms with van der Waals surface area (Å²) in [5.74, 6) is 0.250. The zero-order valence-electron chi connectivity index (χ0n) is 14.3. The summed E-state index contributed by atoms with van der Waals surface area (Å²) in [6, 6.07) is 14.6. The molecule has 0 radical (unpaired) electrons. The summed E-state index contributed by atoms with van der Waals surface area (Å²) >= 11 is 0. The van der Waals surface area contributed by atoms with E-state index in [2.05, 4.69) is 0 Å². The van der Waals surface area contributed by atoms with E-state index in [-0.39, 0.29) is 17.3 Å². The van der Waals surface area contributed by atoms with Crippen LogP contribution >= 0.6 is 0 Å². The second-order valence-corrected chi connectivity index (χ2v) is 8.12. The van der Waals surface area contributed by atoms with Crippen LogP contribution in [-0.2, 0) is 50.6 Å². The van der Waals surface area contributed by atoms with E-state index in [1.165, 1.54) is 0 Å². The van der Waals surface area contributed by atoms with E-state index in [1.807, 2.05) is 24.3 Å². The highest BCUT2D eigenvalue weighted by Gasteiger charge is 2.05. The van der Waals surface area contributed by atoms with Crippen molar-refractivity contribution in [1.82, 2.24) is 0 Å². The predicted octanol–water partition coefficient (Wildman–Crippen LogP) is 2.04. The van der Waals surface area contributed by atoms with E-state index in [4.69, 9.17) is 0 Å². The lowest BCUT2D eigenvalue weighted by molar-refractivity contribution is -0.119. The van der Waals surface area contributed by atoms with Crippen LogP contribution in [0.2, 0.25) is 0 Å². The normalized spacial score (nSPS) is 11.2. The van der Waals surface area contributed by atoms with Crippen LogP contribution in [0.15, 0.2) is 48.5 Å². The second kappa shape index (κ2) is 10.2. The molecule has 2 aromatic carbocycles. The molecule has 0 aliphatic carbocycles. The van der Waals surface area contributed by atoms with Crippen molar-refractivity contribution in [2.45, 2.75) is 37.2 Å². The first-order valence-corrected chi connectivity index (χ1v) is 11.1. The zero-order chi connectivity index (χ0) is 18.9. The molecule has 0 heterocycles. The van der Waals surface area contributed by atoms with Crippen LogP contribution in [-0.4, -0.2) is 22.6 Å². The molecule has 0 bridgehead atoms. The Balaban J connectivity index is 1.76. The number of ketones is 1. The van der Waals surface area contributed by atoms with Gasteiger partial charge < -0.3 is 0 Å². The van der Waals surface area contributed by atoms with Gasteiger partial charge in [0.1, 0.15) is 27.2 Å². The third kappa shape index (κ3) is 7.49. The molecule has 0 unspecified atom stereocenters. The number of aryl methyl sites for hydroxylation is 2. The highest BCUT2D eigenvalue weighted by atomic mass is 32.2. The minimum Gasteiger partial charge on any atom is -0.300 e. The summed E-state index contributed by atoms with van der Waals surface area (Å²) in [7, 11) is -4.85. The second-order valence-electron chi connectivity index (χ2n) is 6.15. The molecule has 0 atom stereocenters. The Bertz CT molecular complexity index is 790. The molecular weight excluding hydrogens is 372 g/mol. The average molecular weight is 395 g/mol. The number of benzene rings is 2. The van der Waals surface area contributed by atoms with Gasteiger partial charge in [0.25, 0.3) is 0 Å². The summed E-state index contributed by atoms with van der Waals surface area (Å²) in [5.41, 5.74) is 3.53. The smallest absolute Gasteiger partial charge is 0.144 e. The SMILES string of the molecule is O=C(CCc1ccc(C[SH](=O)=O)cc1)CCc1ccc(C[SH](=O)=O)cc1. The third-order valence-electron chi connectivity index (χ3n) is 4.05. The number of thiol groups is 2. The summed E-state index contributed by atoms with van der Waals surface area (Å²) in [6.07, 6.45) is 2.17. The standard InChI is InChI=1S/C19H22O5S2/c20-19(11-9-15-1-5-17(6-2-15)13-25(21)22)12-10-16-3-7-18(8-4-16)14-26(23)24/h1-8,25-26H,9-14H2. The molecule has 0 amide bonds. The molecule has 140 valence electrons. The molecule has 2 aromatic rings. The highest BCUT2D eigenvalue weighted by Crippen LogP contribution is 2.11. The van der Waals surface area contributed by atoms with Crippen molar-refractivity contribution in [3.63, 3.8) is 0 Å². The minimum atomic E-state index is -2.42. The fraction of sp³-hybridized carbons (Fsp3) is 0.316. The van der Waals surface area contributed by atoms with Crippen molar-refractivity contribution < 1.29 is 21.6 Å². The quantitative estimate of drug-likeness (QED) is 0.603. The van der Waals surface area contributed by atoms with Crippen LogP contribution in [0.25, 0.3) is 0 Å². The van der Waals surface area contributed by atoms with Crippen LogP contribution < -0.4 is 0 Å². The Kier molecular flexibility index (Phi) is 8.00. The van der Waals surface area contributed by atoms with Crippen LogP contribution in [0, 0.1) is 0 Å². The maximum Gasteiger partial charge on any atom is 0.144 e. The molecule has 7 heteroatoms. The maximum absolute atomic E-state index is 12.1. The Hall–Kier alpha value is -1.99. The number of rotatable bonds is 10. The van der Waals surface area contributed by atoms with Gasteiger partial charge in [-0.2, -0.15) is 0 Å². The lowest BCUT2D eigenvalue weighted by atomic mass is 10.0.